The van der Waals surface area contributed by atoms with Crippen molar-refractivity contribution in [1.29, 1.82) is 0 Å². The molecular weight excluding hydrogens is 463 g/mol. The molecule has 2 aromatic carbocycles. The summed E-state index contributed by atoms with van der Waals surface area (Å²) in [5, 5.41) is 6.43. The number of likely N-dealkylation sites (tertiary alicyclic amines) is 1. The lowest BCUT2D eigenvalue weighted by Crippen LogP contribution is -2.38. The SMILES string of the molecule is [C-]#[N+]c1ccc(-c2c(-c3ccc4c(cnn4C)c3)ncc3c2ccn3CC2(C)CCN(C)CC2)cc1F. The first kappa shape index (κ1) is 23.4. The Labute approximate surface area is 215 Å². The number of rotatable bonds is 4. The van der Waals surface area contributed by atoms with Gasteiger partial charge in [-0.3, -0.25) is 9.67 Å². The summed E-state index contributed by atoms with van der Waals surface area (Å²) in [5.74, 6) is -0.517. The minimum atomic E-state index is -0.517. The van der Waals surface area contributed by atoms with E-state index in [1.807, 2.05) is 42.3 Å². The summed E-state index contributed by atoms with van der Waals surface area (Å²) in [5.41, 5.74) is 5.64. The van der Waals surface area contributed by atoms with Gasteiger partial charge in [-0.15, -0.1) is 0 Å². The van der Waals surface area contributed by atoms with Crippen LogP contribution in [0.25, 0.3) is 49.0 Å². The molecular formula is C30H29FN6. The van der Waals surface area contributed by atoms with E-state index in [1.54, 1.807) is 6.07 Å². The standard InChI is InChI=1S/C30H29FN6/c1-30(10-13-35(3)14-11-30)19-37-12-9-23-27(37)18-33-29(21-6-8-26-22(15-21)17-34-36(26)4)28(23)20-5-7-25(32-2)24(31)16-20/h5-9,12,15-18H,10-11,13-14,19H2,1,3-4H3. The third-order valence-electron chi connectivity index (χ3n) is 7.95. The molecule has 0 saturated carbocycles. The van der Waals surface area contributed by atoms with Crippen molar-refractivity contribution >= 4 is 27.5 Å². The summed E-state index contributed by atoms with van der Waals surface area (Å²) < 4.78 is 19.0. The molecule has 1 aliphatic rings. The van der Waals surface area contributed by atoms with Crippen molar-refractivity contribution in [2.24, 2.45) is 12.5 Å². The van der Waals surface area contributed by atoms with Crippen molar-refractivity contribution in [1.82, 2.24) is 24.2 Å². The summed E-state index contributed by atoms with van der Waals surface area (Å²) >= 11 is 0. The van der Waals surface area contributed by atoms with Crippen molar-refractivity contribution < 1.29 is 4.39 Å². The Bertz CT molecular complexity index is 1680. The molecule has 0 radical (unpaired) electrons. The van der Waals surface area contributed by atoms with Crippen LogP contribution in [0.4, 0.5) is 10.1 Å². The maximum atomic E-state index is 14.8. The van der Waals surface area contributed by atoms with E-state index in [0.717, 1.165) is 71.1 Å². The molecule has 0 N–H and O–H groups in total. The van der Waals surface area contributed by atoms with Crippen molar-refractivity contribution in [2.45, 2.75) is 26.3 Å². The lowest BCUT2D eigenvalue weighted by molar-refractivity contribution is 0.122. The van der Waals surface area contributed by atoms with Crippen LogP contribution in [-0.2, 0) is 13.6 Å². The molecule has 3 aromatic heterocycles. The molecule has 186 valence electrons. The van der Waals surface area contributed by atoms with Gasteiger partial charge in [-0.1, -0.05) is 25.1 Å². The highest BCUT2D eigenvalue weighted by atomic mass is 19.1. The Hall–Kier alpha value is -4.02. The molecule has 0 amide bonds. The van der Waals surface area contributed by atoms with E-state index in [1.165, 1.54) is 6.07 Å². The second kappa shape index (κ2) is 8.82. The van der Waals surface area contributed by atoms with Gasteiger partial charge in [0.15, 0.2) is 0 Å². The summed E-state index contributed by atoms with van der Waals surface area (Å²) in [4.78, 5) is 10.7. The van der Waals surface area contributed by atoms with Gasteiger partial charge in [0, 0.05) is 41.7 Å². The maximum Gasteiger partial charge on any atom is 0.222 e. The van der Waals surface area contributed by atoms with Crippen LogP contribution in [0.2, 0.25) is 0 Å². The minimum Gasteiger partial charge on any atom is -0.346 e. The van der Waals surface area contributed by atoms with E-state index in [4.69, 9.17) is 11.6 Å². The van der Waals surface area contributed by atoms with Gasteiger partial charge in [-0.05, 0) is 68.2 Å². The molecule has 1 aliphatic heterocycles. The van der Waals surface area contributed by atoms with Gasteiger partial charge in [-0.25, -0.2) is 9.24 Å². The van der Waals surface area contributed by atoms with E-state index < -0.39 is 5.82 Å². The molecule has 0 aliphatic carbocycles. The largest absolute Gasteiger partial charge is 0.346 e. The Morgan fingerprint density at radius 3 is 2.54 bits per heavy atom. The number of hydrogen-bond donors (Lipinski definition) is 0. The van der Waals surface area contributed by atoms with E-state index in [0.29, 0.717) is 5.56 Å². The number of piperidine rings is 1. The van der Waals surface area contributed by atoms with Gasteiger partial charge in [-0.2, -0.15) is 5.10 Å². The molecule has 1 saturated heterocycles. The zero-order valence-electron chi connectivity index (χ0n) is 21.4. The van der Waals surface area contributed by atoms with E-state index in [2.05, 4.69) is 51.7 Å². The van der Waals surface area contributed by atoms with E-state index >= 15 is 0 Å². The summed E-state index contributed by atoms with van der Waals surface area (Å²) in [6, 6.07) is 13.1. The molecule has 37 heavy (non-hydrogen) atoms. The first-order chi connectivity index (χ1) is 17.8. The summed E-state index contributed by atoms with van der Waals surface area (Å²) in [7, 11) is 4.11. The average Bonchev–Trinajstić information content (AvgIpc) is 3.48. The van der Waals surface area contributed by atoms with Gasteiger partial charge in [0.2, 0.25) is 5.69 Å². The van der Waals surface area contributed by atoms with Crippen LogP contribution >= 0.6 is 0 Å². The quantitative estimate of drug-likeness (QED) is 0.263. The average molecular weight is 493 g/mol. The van der Waals surface area contributed by atoms with Crippen molar-refractivity contribution in [2.75, 3.05) is 20.1 Å². The Balaban J connectivity index is 1.52. The molecule has 0 bridgehead atoms. The Kier molecular flexibility index (Phi) is 5.58. The number of hydrogen-bond acceptors (Lipinski definition) is 3. The molecule has 0 spiro atoms. The van der Waals surface area contributed by atoms with Gasteiger partial charge >= 0.3 is 0 Å². The molecule has 0 atom stereocenters. The van der Waals surface area contributed by atoms with Crippen LogP contribution in [0.1, 0.15) is 19.8 Å². The molecule has 5 aromatic rings. The highest BCUT2D eigenvalue weighted by Crippen LogP contribution is 2.40. The third kappa shape index (κ3) is 4.08. The van der Waals surface area contributed by atoms with Crippen LogP contribution in [0, 0.1) is 17.8 Å². The second-order valence-corrected chi connectivity index (χ2v) is 10.7. The fraction of sp³-hybridized carbons (Fsp3) is 0.300. The van der Waals surface area contributed by atoms with E-state index in [9.17, 15) is 4.39 Å². The Morgan fingerprint density at radius 1 is 1.00 bits per heavy atom. The summed E-state index contributed by atoms with van der Waals surface area (Å²) in [6.45, 7) is 12.8. The molecule has 6 nitrogen and oxygen atoms in total. The molecule has 4 heterocycles. The number of benzene rings is 2. The van der Waals surface area contributed by atoms with Crippen LogP contribution in [0.3, 0.4) is 0 Å². The number of aromatic nitrogens is 4. The fourth-order valence-corrected chi connectivity index (χ4v) is 5.60. The minimum absolute atomic E-state index is 0.0231. The topological polar surface area (TPSA) is 43.2 Å². The van der Waals surface area contributed by atoms with Crippen LogP contribution in [0.5, 0.6) is 0 Å². The second-order valence-electron chi connectivity index (χ2n) is 10.7. The smallest absolute Gasteiger partial charge is 0.222 e. The van der Waals surface area contributed by atoms with Gasteiger partial charge in [0.05, 0.1) is 35.7 Å². The van der Waals surface area contributed by atoms with Crippen molar-refractivity contribution in [3.05, 3.63) is 78.3 Å². The molecule has 7 heteroatoms. The first-order valence-electron chi connectivity index (χ1n) is 12.6. The highest BCUT2D eigenvalue weighted by Gasteiger charge is 2.30. The van der Waals surface area contributed by atoms with Crippen molar-refractivity contribution in [3.8, 4) is 22.4 Å². The zero-order valence-corrected chi connectivity index (χ0v) is 21.4. The van der Waals surface area contributed by atoms with Crippen molar-refractivity contribution in [3.63, 3.8) is 0 Å². The third-order valence-corrected chi connectivity index (χ3v) is 7.95. The first-order valence-corrected chi connectivity index (χ1v) is 12.6. The maximum absolute atomic E-state index is 14.8. The van der Waals surface area contributed by atoms with Crippen LogP contribution < -0.4 is 0 Å². The molecule has 1 fully saturated rings. The lowest BCUT2D eigenvalue weighted by Gasteiger charge is -2.38. The lowest BCUT2D eigenvalue weighted by atomic mass is 9.80. The monoisotopic (exact) mass is 492 g/mol. The molecule has 0 unspecified atom stereocenters. The predicted molar refractivity (Wildman–Crippen MR) is 146 cm³/mol. The number of fused-ring (bicyclic) bond motifs is 2. The molecule has 6 rings (SSSR count). The number of nitrogens with zero attached hydrogens (tertiary/aromatic N) is 6. The summed E-state index contributed by atoms with van der Waals surface area (Å²) in [6.07, 6.45) is 8.23. The van der Waals surface area contributed by atoms with Gasteiger partial charge < -0.3 is 9.47 Å². The predicted octanol–water partition coefficient (Wildman–Crippen LogP) is 6.68. The Morgan fingerprint density at radius 2 is 1.78 bits per heavy atom. The number of halogens is 1. The zero-order chi connectivity index (χ0) is 25.7. The normalized spacial score (nSPS) is 15.9. The number of pyridine rings is 1. The fourth-order valence-electron chi connectivity index (χ4n) is 5.60. The van der Waals surface area contributed by atoms with Crippen LogP contribution in [0.15, 0.2) is 61.1 Å². The van der Waals surface area contributed by atoms with Crippen LogP contribution in [-0.4, -0.2) is 44.4 Å². The van der Waals surface area contributed by atoms with E-state index in [-0.39, 0.29) is 11.1 Å². The van der Waals surface area contributed by atoms with Gasteiger partial charge in [0.1, 0.15) is 5.82 Å². The number of aryl methyl sites for hydroxylation is 1. The van der Waals surface area contributed by atoms with Gasteiger partial charge in [0.25, 0.3) is 0 Å². The highest BCUT2D eigenvalue weighted by molar-refractivity contribution is 6.02.